The Morgan fingerprint density at radius 3 is 1.64 bits per heavy atom. The van der Waals surface area contributed by atoms with Gasteiger partial charge in [-0.3, -0.25) is 13.8 Å². The summed E-state index contributed by atoms with van der Waals surface area (Å²) in [5, 5.41) is 24.3. The molecule has 4 atom stereocenters. The molecule has 0 heterocycles. The van der Waals surface area contributed by atoms with Gasteiger partial charge in [0.2, 0.25) is 5.91 Å². The number of hydrogen-bond acceptors (Lipinski definition) is 6. The van der Waals surface area contributed by atoms with Crippen LogP contribution >= 0.6 is 7.82 Å². The van der Waals surface area contributed by atoms with E-state index in [0.29, 0.717) is 17.4 Å². The van der Waals surface area contributed by atoms with Crippen molar-refractivity contribution in [3.05, 3.63) is 36.5 Å². The van der Waals surface area contributed by atoms with Crippen LogP contribution in [0.15, 0.2) is 36.5 Å². The van der Waals surface area contributed by atoms with Crippen molar-refractivity contribution < 1.29 is 38.0 Å². The van der Waals surface area contributed by atoms with Gasteiger partial charge in [-0.05, 0) is 51.4 Å². The van der Waals surface area contributed by atoms with Crippen molar-refractivity contribution in [2.75, 3.05) is 40.9 Å². The molecule has 0 bridgehead atoms. The zero-order valence-corrected chi connectivity index (χ0v) is 37.2. The van der Waals surface area contributed by atoms with Crippen molar-refractivity contribution in [3.8, 4) is 0 Å². The van der Waals surface area contributed by atoms with Crippen molar-refractivity contribution in [3.63, 3.8) is 0 Å². The minimum absolute atomic E-state index is 0.0249. The van der Waals surface area contributed by atoms with E-state index in [1.165, 1.54) is 109 Å². The Balaban J connectivity index is 4.52. The second-order valence-corrected chi connectivity index (χ2v) is 18.1. The number of unbranched alkanes of at least 4 members (excludes halogenated alkanes) is 21. The summed E-state index contributed by atoms with van der Waals surface area (Å²) in [7, 11) is 1.45. The summed E-state index contributed by atoms with van der Waals surface area (Å²) in [5.74, 6) is -0.435. The van der Waals surface area contributed by atoms with E-state index in [1.807, 2.05) is 27.2 Å². The number of phosphoric acid groups is 1. The van der Waals surface area contributed by atoms with Gasteiger partial charge in [0.05, 0.1) is 52.4 Å². The molecule has 0 aromatic rings. The molecule has 0 fully saturated rings. The van der Waals surface area contributed by atoms with Crippen LogP contribution in [0.3, 0.4) is 0 Å². The Labute approximate surface area is 339 Å². The summed E-state index contributed by atoms with van der Waals surface area (Å²) in [6.07, 6.45) is 41.0. The predicted octanol–water partition coefficient (Wildman–Crippen LogP) is 11.3. The Hall–Kier alpha value is -1.32. The number of allylic oxidation sites excluding steroid dienone is 5. The van der Waals surface area contributed by atoms with Crippen LogP contribution < -0.4 is 5.32 Å². The Bertz CT molecular complexity index is 1010. The molecule has 0 aliphatic rings. The number of aliphatic hydroxyl groups is 2. The maximum absolute atomic E-state index is 12.9. The van der Waals surface area contributed by atoms with Crippen LogP contribution in [0.2, 0.25) is 0 Å². The van der Waals surface area contributed by atoms with Crippen molar-refractivity contribution in [2.45, 2.75) is 205 Å². The maximum Gasteiger partial charge on any atom is 0.472 e. The molecule has 2 unspecified atom stereocenters. The van der Waals surface area contributed by atoms with Gasteiger partial charge in [-0.25, -0.2) is 4.57 Å². The van der Waals surface area contributed by atoms with Crippen molar-refractivity contribution in [2.24, 2.45) is 0 Å². The number of aliphatic hydroxyl groups excluding tert-OH is 2. The van der Waals surface area contributed by atoms with E-state index in [-0.39, 0.29) is 13.0 Å². The van der Waals surface area contributed by atoms with Gasteiger partial charge in [0, 0.05) is 0 Å². The molecule has 0 spiro atoms. The average molecular weight is 800 g/mol. The molecular formula is C45H88N2O7P+. The normalized spacial score (nSPS) is 15.3. The van der Waals surface area contributed by atoms with Crippen LogP contribution in [0, 0.1) is 0 Å². The molecule has 9 nitrogen and oxygen atoms in total. The van der Waals surface area contributed by atoms with Gasteiger partial charge < -0.3 is 24.9 Å². The van der Waals surface area contributed by atoms with Gasteiger partial charge in [-0.1, -0.05) is 166 Å². The molecular weight excluding hydrogens is 711 g/mol. The lowest BCUT2D eigenvalue weighted by molar-refractivity contribution is -0.870. The number of rotatable bonds is 40. The van der Waals surface area contributed by atoms with Gasteiger partial charge >= 0.3 is 7.82 Å². The fourth-order valence-corrected chi connectivity index (χ4v) is 7.03. The summed E-state index contributed by atoms with van der Waals surface area (Å²) < 4.78 is 23.5. The number of phosphoric ester groups is 1. The fourth-order valence-electron chi connectivity index (χ4n) is 6.29. The zero-order valence-electron chi connectivity index (χ0n) is 36.3. The SMILES string of the molecule is CCCCC/C=C\C/C=C\CCCCCCCCCC(O)CC(=O)N[C@@H](COP(=O)(O)OCC[N+](C)(C)C)[C@H](O)/C=C/CCCCCCCCCCCCC. The number of carbonyl (C=O) groups excluding carboxylic acids is 1. The van der Waals surface area contributed by atoms with E-state index in [0.717, 1.165) is 51.4 Å². The third-order valence-corrected chi connectivity index (χ3v) is 10.9. The second kappa shape index (κ2) is 37.0. The number of carbonyl (C=O) groups is 1. The number of hydrogen-bond donors (Lipinski definition) is 4. The molecule has 0 saturated heterocycles. The molecule has 0 saturated carbocycles. The molecule has 10 heteroatoms. The third-order valence-electron chi connectivity index (χ3n) is 9.91. The number of amides is 1. The maximum atomic E-state index is 12.9. The first kappa shape index (κ1) is 53.7. The number of nitrogens with one attached hydrogen (secondary N) is 1. The molecule has 0 radical (unpaired) electrons. The second-order valence-electron chi connectivity index (χ2n) is 16.6. The highest BCUT2D eigenvalue weighted by atomic mass is 31.2. The summed E-state index contributed by atoms with van der Waals surface area (Å²) in [4.78, 5) is 23.2. The van der Waals surface area contributed by atoms with Gasteiger partial charge in [0.15, 0.2) is 0 Å². The van der Waals surface area contributed by atoms with Gasteiger partial charge in [0.25, 0.3) is 0 Å². The Morgan fingerprint density at radius 1 is 0.655 bits per heavy atom. The molecule has 0 aliphatic heterocycles. The summed E-state index contributed by atoms with van der Waals surface area (Å²) in [6, 6.07) is -0.969. The lowest BCUT2D eigenvalue weighted by Crippen LogP contribution is -2.46. The summed E-state index contributed by atoms with van der Waals surface area (Å²) >= 11 is 0. The quantitative estimate of drug-likeness (QED) is 0.0210. The lowest BCUT2D eigenvalue weighted by Gasteiger charge is -2.25. The van der Waals surface area contributed by atoms with Gasteiger partial charge in [-0.15, -0.1) is 0 Å². The minimum Gasteiger partial charge on any atom is -0.393 e. The Morgan fingerprint density at radius 2 is 1.11 bits per heavy atom. The highest BCUT2D eigenvalue weighted by molar-refractivity contribution is 7.47. The van der Waals surface area contributed by atoms with Crippen LogP contribution in [0.4, 0.5) is 0 Å². The van der Waals surface area contributed by atoms with E-state index < -0.39 is 38.6 Å². The van der Waals surface area contributed by atoms with Crippen LogP contribution in [0.25, 0.3) is 0 Å². The fraction of sp³-hybridized carbons (Fsp3) is 0.844. The first-order valence-corrected chi connectivity index (χ1v) is 23.9. The predicted molar refractivity (Wildman–Crippen MR) is 232 cm³/mol. The average Bonchev–Trinajstić information content (AvgIpc) is 3.12. The molecule has 4 N–H and O–H groups in total. The summed E-state index contributed by atoms with van der Waals surface area (Å²) in [5.41, 5.74) is 0. The van der Waals surface area contributed by atoms with Crippen LogP contribution in [0.1, 0.15) is 187 Å². The van der Waals surface area contributed by atoms with Crippen LogP contribution in [-0.4, -0.2) is 84.6 Å². The molecule has 1 amide bonds. The Kier molecular flexibility index (Phi) is 36.1. The molecule has 0 aliphatic carbocycles. The van der Waals surface area contributed by atoms with E-state index in [4.69, 9.17) is 9.05 Å². The molecule has 55 heavy (non-hydrogen) atoms. The third kappa shape index (κ3) is 39.3. The minimum atomic E-state index is -4.40. The standard InChI is InChI=1S/C45H87N2O7P/c1-6-8-10-12-14-16-18-20-21-22-23-25-26-28-30-32-34-36-42(48)40-45(50)46-43(41-54-55(51,52)53-39-38-47(3,4)5)44(49)37-35-33-31-29-27-24-19-17-15-13-11-9-7-2/h14,16,20-21,35,37,42-44,48-49H,6-13,15,17-19,22-34,36,38-41H2,1-5H3,(H-,46,50,51,52)/p+1/b16-14-,21-20-,37-35+/t42?,43-,44+/m0/s1. The first-order valence-electron chi connectivity index (χ1n) is 22.4. The van der Waals surface area contributed by atoms with E-state index in [1.54, 1.807) is 6.08 Å². The highest BCUT2D eigenvalue weighted by Crippen LogP contribution is 2.43. The molecule has 0 aromatic carbocycles. The number of nitrogens with zero attached hydrogens (tertiary/aromatic N) is 1. The topological polar surface area (TPSA) is 125 Å². The highest BCUT2D eigenvalue weighted by Gasteiger charge is 2.28. The number of likely N-dealkylation sites (N-methyl/N-ethyl adjacent to an activating group) is 1. The lowest BCUT2D eigenvalue weighted by atomic mass is 10.0. The van der Waals surface area contributed by atoms with Crippen molar-refractivity contribution >= 4 is 13.7 Å². The zero-order chi connectivity index (χ0) is 40.9. The largest absolute Gasteiger partial charge is 0.472 e. The monoisotopic (exact) mass is 800 g/mol. The van der Waals surface area contributed by atoms with E-state index in [2.05, 4.69) is 43.5 Å². The molecule has 0 rings (SSSR count). The van der Waals surface area contributed by atoms with Gasteiger partial charge in [0.1, 0.15) is 13.2 Å². The van der Waals surface area contributed by atoms with Crippen LogP contribution in [-0.2, 0) is 18.4 Å². The first-order chi connectivity index (χ1) is 26.4. The molecule has 324 valence electrons. The van der Waals surface area contributed by atoms with Crippen LogP contribution in [0.5, 0.6) is 0 Å². The van der Waals surface area contributed by atoms with E-state index in [9.17, 15) is 24.5 Å². The van der Waals surface area contributed by atoms with Crippen molar-refractivity contribution in [1.29, 1.82) is 0 Å². The van der Waals surface area contributed by atoms with Gasteiger partial charge in [-0.2, -0.15) is 0 Å². The number of quaternary nitrogens is 1. The molecule has 0 aromatic heterocycles. The smallest absolute Gasteiger partial charge is 0.393 e. The van der Waals surface area contributed by atoms with Crippen molar-refractivity contribution in [1.82, 2.24) is 5.32 Å². The van der Waals surface area contributed by atoms with E-state index >= 15 is 0 Å². The summed E-state index contributed by atoms with van der Waals surface area (Å²) in [6.45, 7) is 4.61.